The van der Waals surface area contributed by atoms with Crippen molar-refractivity contribution in [2.75, 3.05) is 20.8 Å². The highest BCUT2D eigenvalue weighted by Crippen LogP contribution is 2.34. The van der Waals surface area contributed by atoms with Crippen molar-refractivity contribution in [3.63, 3.8) is 0 Å². The van der Waals surface area contributed by atoms with Crippen LogP contribution >= 0.6 is 0 Å². The van der Waals surface area contributed by atoms with Crippen molar-refractivity contribution in [3.05, 3.63) is 59.7 Å². The maximum Gasteiger partial charge on any atom is 0.223 e. The molecule has 1 atom stereocenters. The van der Waals surface area contributed by atoms with Crippen molar-refractivity contribution < 1.29 is 19.1 Å². The minimum Gasteiger partial charge on any atom is -0.497 e. The van der Waals surface area contributed by atoms with Crippen LogP contribution in [-0.4, -0.2) is 37.4 Å². The lowest BCUT2D eigenvalue weighted by Crippen LogP contribution is -2.30. The lowest BCUT2D eigenvalue weighted by atomic mass is 10.0. The minimum atomic E-state index is 0.0567. The van der Waals surface area contributed by atoms with E-state index in [2.05, 4.69) is 0 Å². The number of nitrogens with zero attached hydrogens (tertiary/aromatic N) is 1. The molecule has 1 fully saturated rings. The maximum absolute atomic E-state index is 12.8. The predicted octanol–water partition coefficient (Wildman–Crippen LogP) is 4.42. The molecule has 1 heterocycles. The van der Waals surface area contributed by atoms with Crippen LogP contribution < -0.4 is 9.47 Å². The largest absolute Gasteiger partial charge is 0.497 e. The molecule has 1 aliphatic rings. The molecule has 0 bridgehead atoms. The summed E-state index contributed by atoms with van der Waals surface area (Å²) < 4.78 is 10.4. The van der Waals surface area contributed by atoms with Gasteiger partial charge < -0.3 is 14.4 Å². The molecular formula is C23H27NO4. The van der Waals surface area contributed by atoms with Gasteiger partial charge in [0.1, 0.15) is 11.5 Å². The van der Waals surface area contributed by atoms with E-state index in [1.807, 2.05) is 29.2 Å². The average molecular weight is 381 g/mol. The lowest BCUT2D eigenvalue weighted by Gasteiger charge is -2.25. The number of Topliss-reactive ketones (excluding diaryl/α,β-unsaturated/α-hetero) is 1. The highest BCUT2D eigenvalue weighted by Gasteiger charge is 2.29. The Kier molecular flexibility index (Phi) is 6.69. The zero-order valence-corrected chi connectivity index (χ0v) is 16.5. The number of ether oxygens (including phenoxy) is 2. The Labute approximate surface area is 166 Å². The van der Waals surface area contributed by atoms with Crippen molar-refractivity contribution in [3.8, 4) is 11.5 Å². The van der Waals surface area contributed by atoms with Crippen molar-refractivity contribution >= 4 is 11.7 Å². The van der Waals surface area contributed by atoms with Gasteiger partial charge in [-0.05, 0) is 61.2 Å². The topological polar surface area (TPSA) is 55.8 Å². The first-order chi connectivity index (χ1) is 13.6. The molecule has 0 radical (unpaired) electrons. The van der Waals surface area contributed by atoms with Gasteiger partial charge in [-0.25, -0.2) is 0 Å². The minimum absolute atomic E-state index is 0.0567. The number of carbonyl (C=O) groups is 2. The van der Waals surface area contributed by atoms with E-state index in [1.54, 1.807) is 38.5 Å². The van der Waals surface area contributed by atoms with Gasteiger partial charge in [-0.1, -0.05) is 12.1 Å². The van der Waals surface area contributed by atoms with E-state index in [0.717, 1.165) is 36.4 Å². The van der Waals surface area contributed by atoms with Gasteiger partial charge in [0.05, 0.1) is 20.3 Å². The van der Waals surface area contributed by atoms with Crippen LogP contribution in [0.25, 0.3) is 0 Å². The third-order valence-corrected chi connectivity index (χ3v) is 5.26. The summed E-state index contributed by atoms with van der Waals surface area (Å²) in [6.45, 7) is 0.771. The van der Waals surface area contributed by atoms with Crippen LogP contribution in [0.5, 0.6) is 11.5 Å². The van der Waals surface area contributed by atoms with Gasteiger partial charge in [0.15, 0.2) is 5.78 Å². The third kappa shape index (κ3) is 4.71. The van der Waals surface area contributed by atoms with E-state index in [9.17, 15) is 9.59 Å². The molecule has 0 saturated carbocycles. The van der Waals surface area contributed by atoms with Gasteiger partial charge in [0, 0.05) is 24.9 Å². The Morgan fingerprint density at radius 1 is 1.00 bits per heavy atom. The van der Waals surface area contributed by atoms with Crippen molar-refractivity contribution in [2.24, 2.45) is 0 Å². The molecule has 28 heavy (non-hydrogen) atoms. The van der Waals surface area contributed by atoms with E-state index in [4.69, 9.17) is 9.47 Å². The van der Waals surface area contributed by atoms with E-state index in [1.165, 1.54) is 0 Å². The van der Waals surface area contributed by atoms with Gasteiger partial charge in [0.25, 0.3) is 0 Å². The second kappa shape index (κ2) is 9.40. The molecule has 0 N–H and O–H groups in total. The van der Waals surface area contributed by atoms with Crippen LogP contribution in [-0.2, 0) is 4.79 Å². The molecule has 0 aromatic heterocycles. The summed E-state index contributed by atoms with van der Waals surface area (Å²) >= 11 is 0. The lowest BCUT2D eigenvalue weighted by molar-refractivity contribution is -0.132. The fourth-order valence-corrected chi connectivity index (χ4v) is 3.73. The molecule has 1 unspecified atom stereocenters. The molecule has 0 spiro atoms. The van der Waals surface area contributed by atoms with Crippen LogP contribution in [0.15, 0.2) is 48.5 Å². The molecule has 1 saturated heterocycles. The maximum atomic E-state index is 12.8. The summed E-state index contributed by atoms with van der Waals surface area (Å²) in [7, 11) is 3.25. The van der Waals surface area contributed by atoms with E-state index in [0.29, 0.717) is 24.8 Å². The Bertz CT molecular complexity index is 816. The second-order valence-electron chi connectivity index (χ2n) is 7.03. The summed E-state index contributed by atoms with van der Waals surface area (Å²) in [6, 6.07) is 15.1. The monoisotopic (exact) mass is 381 g/mol. The fraction of sp³-hybridized carbons (Fsp3) is 0.391. The molecule has 0 aliphatic carbocycles. The summed E-state index contributed by atoms with van der Waals surface area (Å²) in [5, 5.41) is 0. The number of hydrogen-bond acceptors (Lipinski definition) is 4. The highest BCUT2D eigenvalue weighted by molar-refractivity contribution is 5.96. The van der Waals surface area contributed by atoms with Gasteiger partial charge in [0.2, 0.25) is 5.91 Å². The Balaban J connectivity index is 1.54. The summed E-state index contributed by atoms with van der Waals surface area (Å²) in [5.74, 6) is 1.71. The summed E-state index contributed by atoms with van der Waals surface area (Å²) in [6.07, 6.45) is 3.28. The molecule has 148 valence electrons. The molecule has 1 amide bonds. The quantitative estimate of drug-likeness (QED) is 0.635. The molecule has 3 rings (SSSR count). The molecule has 5 heteroatoms. The molecule has 5 nitrogen and oxygen atoms in total. The summed E-state index contributed by atoms with van der Waals surface area (Å²) in [5.41, 5.74) is 1.77. The smallest absolute Gasteiger partial charge is 0.223 e. The van der Waals surface area contributed by atoms with Gasteiger partial charge in [-0.3, -0.25) is 9.59 Å². The van der Waals surface area contributed by atoms with E-state index < -0.39 is 0 Å². The Morgan fingerprint density at radius 3 is 2.46 bits per heavy atom. The zero-order chi connectivity index (χ0) is 19.9. The number of amides is 1. The van der Waals surface area contributed by atoms with Crippen molar-refractivity contribution in [1.82, 2.24) is 4.90 Å². The van der Waals surface area contributed by atoms with Gasteiger partial charge >= 0.3 is 0 Å². The molecular weight excluding hydrogens is 354 g/mol. The molecule has 2 aromatic rings. The number of likely N-dealkylation sites (tertiary alicyclic amines) is 1. The second-order valence-corrected chi connectivity index (χ2v) is 7.03. The number of benzene rings is 2. The predicted molar refractivity (Wildman–Crippen MR) is 108 cm³/mol. The SMILES string of the molecule is COc1ccc(C(=O)CCCC(=O)N2CCCC2c2cccc(OC)c2)cc1. The third-order valence-electron chi connectivity index (χ3n) is 5.26. The Hall–Kier alpha value is -2.82. The van der Waals surface area contributed by atoms with Gasteiger partial charge in [-0.2, -0.15) is 0 Å². The van der Waals surface area contributed by atoms with Crippen LogP contribution in [0.3, 0.4) is 0 Å². The van der Waals surface area contributed by atoms with Crippen LogP contribution in [0.1, 0.15) is 54.1 Å². The first-order valence-corrected chi connectivity index (χ1v) is 9.73. The first kappa shape index (κ1) is 19.9. The van der Waals surface area contributed by atoms with Crippen LogP contribution in [0.2, 0.25) is 0 Å². The van der Waals surface area contributed by atoms with E-state index in [-0.39, 0.29) is 17.7 Å². The van der Waals surface area contributed by atoms with Crippen LogP contribution in [0, 0.1) is 0 Å². The fourth-order valence-electron chi connectivity index (χ4n) is 3.73. The zero-order valence-electron chi connectivity index (χ0n) is 16.5. The number of methoxy groups -OCH3 is 2. The number of rotatable bonds is 8. The van der Waals surface area contributed by atoms with Crippen molar-refractivity contribution in [1.29, 1.82) is 0 Å². The number of ketones is 1. The Morgan fingerprint density at radius 2 is 1.75 bits per heavy atom. The molecule has 1 aliphatic heterocycles. The van der Waals surface area contributed by atoms with Crippen molar-refractivity contribution in [2.45, 2.75) is 38.1 Å². The number of carbonyl (C=O) groups excluding carboxylic acids is 2. The standard InChI is InChI=1S/C23H27NO4/c1-27-19-13-11-17(12-14-19)22(25)9-4-10-23(26)24-15-5-8-21(24)18-6-3-7-20(16-18)28-2/h3,6-7,11-14,16,21H,4-5,8-10,15H2,1-2H3. The van der Waals surface area contributed by atoms with E-state index >= 15 is 0 Å². The highest BCUT2D eigenvalue weighted by atomic mass is 16.5. The average Bonchev–Trinajstić information content (AvgIpc) is 3.24. The molecule has 2 aromatic carbocycles. The normalized spacial score (nSPS) is 16.1. The number of hydrogen-bond donors (Lipinski definition) is 0. The first-order valence-electron chi connectivity index (χ1n) is 9.73. The van der Waals surface area contributed by atoms with Gasteiger partial charge in [-0.15, -0.1) is 0 Å². The van der Waals surface area contributed by atoms with Crippen LogP contribution in [0.4, 0.5) is 0 Å². The summed E-state index contributed by atoms with van der Waals surface area (Å²) in [4.78, 5) is 27.0.